The average Bonchev–Trinajstić information content (AvgIpc) is 3.46. The van der Waals surface area contributed by atoms with Gasteiger partial charge in [0.1, 0.15) is 0 Å². The summed E-state index contributed by atoms with van der Waals surface area (Å²) in [6.07, 6.45) is 5.78. The number of pyridine rings is 1. The molecule has 1 aromatic heterocycles. The van der Waals surface area contributed by atoms with E-state index in [1.165, 1.54) is 0 Å². The number of nitrogens with zero attached hydrogens (tertiary/aromatic N) is 1. The highest BCUT2D eigenvalue weighted by Gasteiger charge is 2.33. The van der Waals surface area contributed by atoms with Crippen molar-refractivity contribution in [3.05, 3.63) is 71.5 Å². The minimum absolute atomic E-state index is 0.00825. The van der Waals surface area contributed by atoms with Crippen molar-refractivity contribution in [1.29, 1.82) is 0 Å². The molecule has 1 saturated carbocycles. The predicted octanol–water partition coefficient (Wildman–Crippen LogP) is 5.16. The largest absolute Gasteiger partial charge is 0.331 e. The number of carbonyl (C=O) groups excluding carboxylic acids is 1. The van der Waals surface area contributed by atoms with Crippen LogP contribution in [-0.4, -0.2) is 11.0 Å². The van der Waals surface area contributed by atoms with Crippen molar-refractivity contribution in [2.45, 2.75) is 18.9 Å². The molecular weight excluding hydrogens is 334 g/mol. The molecule has 4 nitrogen and oxygen atoms in total. The lowest BCUT2D eigenvalue weighted by Crippen LogP contribution is -2.33. The van der Waals surface area contributed by atoms with Crippen molar-refractivity contribution in [1.82, 2.24) is 10.3 Å². The Bertz CT molecular complexity index is 901. The van der Waals surface area contributed by atoms with E-state index >= 15 is 0 Å². The van der Waals surface area contributed by atoms with Crippen LogP contribution >= 0.6 is 11.6 Å². The van der Waals surface area contributed by atoms with Crippen molar-refractivity contribution >= 4 is 34.1 Å². The number of fused-ring (bicyclic) bond motifs is 1. The van der Waals surface area contributed by atoms with Gasteiger partial charge in [0.25, 0.3) is 0 Å². The SMILES string of the molecule is O=C(Nc1cccc2cnccc12)N[C@@H](c1ccc(Cl)cc1)C1CC1. The second-order valence-electron chi connectivity index (χ2n) is 6.37. The highest BCUT2D eigenvalue weighted by Crippen LogP contribution is 2.41. The third-order valence-corrected chi connectivity index (χ3v) is 4.79. The number of anilines is 1. The molecule has 5 heteroatoms. The summed E-state index contributed by atoms with van der Waals surface area (Å²) in [7, 11) is 0. The van der Waals surface area contributed by atoms with Gasteiger partial charge in [-0.2, -0.15) is 0 Å². The zero-order valence-corrected chi connectivity index (χ0v) is 14.3. The first kappa shape index (κ1) is 15.9. The molecule has 1 aliphatic rings. The van der Waals surface area contributed by atoms with Crippen molar-refractivity contribution in [2.75, 3.05) is 5.32 Å². The lowest BCUT2D eigenvalue weighted by atomic mass is 10.0. The summed E-state index contributed by atoms with van der Waals surface area (Å²) in [5, 5.41) is 8.77. The van der Waals surface area contributed by atoms with Gasteiger partial charge in [-0.05, 0) is 48.6 Å². The summed E-state index contributed by atoms with van der Waals surface area (Å²) in [6, 6.07) is 15.2. The van der Waals surface area contributed by atoms with Gasteiger partial charge < -0.3 is 10.6 Å². The fraction of sp³-hybridized carbons (Fsp3) is 0.200. The smallest absolute Gasteiger partial charge is 0.319 e. The van der Waals surface area contributed by atoms with Gasteiger partial charge in [0, 0.05) is 28.2 Å². The number of amides is 2. The molecule has 0 spiro atoms. The molecule has 3 aromatic rings. The predicted molar refractivity (Wildman–Crippen MR) is 101 cm³/mol. The van der Waals surface area contributed by atoms with Crippen LogP contribution in [0.3, 0.4) is 0 Å². The number of benzene rings is 2. The van der Waals surface area contributed by atoms with Crippen LogP contribution in [0.4, 0.5) is 10.5 Å². The summed E-state index contributed by atoms with van der Waals surface area (Å²) in [6.45, 7) is 0. The molecule has 25 heavy (non-hydrogen) atoms. The molecular formula is C20H18ClN3O. The van der Waals surface area contributed by atoms with Crippen molar-refractivity contribution in [3.8, 4) is 0 Å². The summed E-state index contributed by atoms with van der Waals surface area (Å²) >= 11 is 5.98. The molecule has 2 aromatic carbocycles. The molecule has 4 rings (SSSR count). The minimum atomic E-state index is -0.198. The van der Waals surface area contributed by atoms with Crippen LogP contribution in [0.5, 0.6) is 0 Å². The molecule has 0 unspecified atom stereocenters. The lowest BCUT2D eigenvalue weighted by Gasteiger charge is -2.19. The molecule has 0 saturated heterocycles. The Labute approximate surface area is 151 Å². The van der Waals surface area contributed by atoms with Crippen LogP contribution in [0.2, 0.25) is 5.02 Å². The molecule has 126 valence electrons. The first-order valence-electron chi connectivity index (χ1n) is 8.36. The van der Waals surface area contributed by atoms with E-state index in [4.69, 9.17) is 11.6 Å². The average molecular weight is 352 g/mol. The zero-order valence-electron chi connectivity index (χ0n) is 13.6. The molecule has 1 heterocycles. The van der Waals surface area contributed by atoms with Gasteiger partial charge >= 0.3 is 6.03 Å². The standard InChI is InChI=1S/C20H18ClN3O/c21-16-8-6-14(7-9-16)19(13-4-5-13)24-20(25)23-18-3-1-2-15-12-22-11-10-17(15)18/h1-3,6-13,19H,4-5H2,(H2,23,24,25)/t19-/m1/s1. The second-order valence-corrected chi connectivity index (χ2v) is 6.80. The van der Waals surface area contributed by atoms with E-state index in [2.05, 4.69) is 15.6 Å². The van der Waals surface area contributed by atoms with E-state index in [9.17, 15) is 4.79 Å². The number of rotatable bonds is 4. The lowest BCUT2D eigenvalue weighted by molar-refractivity contribution is 0.247. The van der Waals surface area contributed by atoms with Crippen molar-refractivity contribution in [3.63, 3.8) is 0 Å². The van der Waals surface area contributed by atoms with E-state index in [1.54, 1.807) is 12.4 Å². The summed E-state index contributed by atoms with van der Waals surface area (Å²) in [5.41, 5.74) is 1.87. The fourth-order valence-corrected chi connectivity index (χ4v) is 3.23. The first-order chi connectivity index (χ1) is 12.2. The maximum absolute atomic E-state index is 12.6. The number of hydrogen-bond donors (Lipinski definition) is 2. The Morgan fingerprint density at radius 1 is 1.12 bits per heavy atom. The fourth-order valence-electron chi connectivity index (χ4n) is 3.10. The number of halogens is 1. The summed E-state index contributed by atoms with van der Waals surface area (Å²) < 4.78 is 0. The normalized spacial score (nSPS) is 14.9. The molecule has 0 bridgehead atoms. The maximum atomic E-state index is 12.6. The highest BCUT2D eigenvalue weighted by atomic mass is 35.5. The third kappa shape index (κ3) is 3.59. The van der Waals surface area contributed by atoms with Crippen LogP contribution < -0.4 is 10.6 Å². The van der Waals surface area contributed by atoms with Crippen LogP contribution in [0, 0.1) is 5.92 Å². The van der Waals surface area contributed by atoms with Crippen molar-refractivity contribution in [2.24, 2.45) is 5.92 Å². The van der Waals surface area contributed by atoms with E-state index in [1.807, 2.05) is 48.5 Å². The first-order valence-corrected chi connectivity index (χ1v) is 8.74. The van der Waals surface area contributed by atoms with E-state index in [0.29, 0.717) is 10.9 Å². The van der Waals surface area contributed by atoms with Crippen LogP contribution in [0.1, 0.15) is 24.4 Å². The quantitative estimate of drug-likeness (QED) is 0.682. The third-order valence-electron chi connectivity index (χ3n) is 4.54. The Morgan fingerprint density at radius 2 is 1.92 bits per heavy atom. The number of nitrogens with one attached hydrogen (secondary N) is 2. The van der Waals surface area contributed by atoms with Gasteiger partial charge in [-0.1, -0.05) is 35.9 Å². The van der Waals surface area contributed by atoms with E-state index in [-0.39, 0.29) is 12.1 Å². The minimum Gasteiger partial charge on any atom is -0.331 e. The summed E-state index contributed by atoms with van der Waals surface area (Å²) in [4.78, 5) is 16.7. The summed E-state index contributed by atoms with van der Waals surface area (Å²) in [5.74, 6) is 0.489. The highest BCUT2D eigenvalue weighted by molar-refractivity contribution is 6.30. The molecule has 2 N–H and O–H groups in total. The molecule has 0 radical (unpaired) electrons. The van der Waals surface area contributed by atoms with Crippen LogP contribution in [0.25, 0.3) is 10.8 Å². The number of aromatic nitrogens is 1. The van der Waals surface area contributed by atoms with E-state index in [0.717, 1.165) is 34.9 Å². The number of urea groups is 1. The maximum Gasteiger partial charge on any atom is 0.319 e. The molecule has 1 aliphatic carbocycles. The zero-order chi connectivity index (χ0) is 17.2. The Kier molecular flexibility index (Phi) is 4.28. The van der Waals surface area contributed by atoms with Gasteiger partial charge in [0.05, 0.1) is 11.7 Å². The molecule has 0 aliphatic heterocycles. The second kappa shape index (κ2) is 6.73. The Balaban J connectivity index is 1.53. The van der Waals surface area contributed by atoms with Gasteiger partial charge in [-0.15, -0.1) is 0 Å². The van der Waals surface area contributed by atoms with Gasteiger partial charge in [-0.3, -0.25) is 4.98 Å². The molecule has 1 fully saturated rings. The van der Waals surface area contributed by atoms with Crippen LogP contribution in [-0.2, 0) is 0 Å². The monoisotopic (exact) mass is 351 g/mol. The van der Waals surface area contributed by atoms with E-state index < -0.39 is 0 Å². The number of hydrogen-bond acceptors (Lipinski definition) is 2. The number of carbonyl (C=O) groups is 1. The topological polar surface area (TPSA) is 54.0 Å². The molecule has 1 atom stereocenters. The van der Waals surface area contributed by atoms with Gasteiger partial charge in [-0.25, -0.2) is 4.79 Å². The van der Waals surface area contributed by atoms with Crippen LogP contribution in [0.15, 0.2) is 60.9 Å². The Morgan fingerprint density at radius 3 is 2.68 bits per heavy atom. The molecule has 2 amide bonds. The van der Waals surface area contributed by atoms with Gasteiger partial charge in [0.2, 0.25) is 0 Å². The Hall–Kier alpha value is -2.59. The van der Waals surface area contributed by atoms with Crippen molar-refractivity contribution < 1.29 is 4.79 Å². The van der Waals surface area contributed by atoms with Gasteiger partial charge in [0.15, 0.2) is 0 Å².